The fourth-order valence-electron chi connectivity index (χ4n) is 7.68. The van der Waals surface area contributed by atoms with E-state index in [-0.39, 0.29) is 77.1 Å². The maximum Gasteiger partial charge on any atom is 0.340 e. The van der Waals surface area contributed by atoms with Crippen molar-refractivity contribution in [2.45, 2.75) is 13.2 Å². The van der Waals surface area contributed by atoms with E-state index in [0.717, 1.165) is 34.8 Å². The molecular formula is C48H22F4N2O8S2. The van der Waals surface area contributed by atoms with E-state index in [1.807, 2.05) is 0 Å². The number of esters is 2. The summed E-state index contributed by atoms with van der Waals surface area (Å²) in [4.78, 5) is 89.6. The Labute approximate surface area is 364 Å². The van der Waals surface area contributed by atoms with Gasteiger partial charge in [0, 0.05) is 45.2 Å². The van der Waals surface area contributed by atoms with Gasteiger partial charge in [-0.05, 0) is 47.5 Å². The zero-order valence-electron chi connectivity index (χ0n) is 32.3. The first-order valence-corrected chi connectivity index (χ1v) is 20.7. The van der Waals surface area contributed by atoms with Crippen molar-refractivity contribution in [2.75, 3.05) is 0 Å². The Morgan fingerprint density at radius 1 is 0.531 bits per heavy atom. The molecule has 6 aromatic carbocycles. The standard InChI is InChI=1S/C48H22F4N2O8S2/c49-23-11-25-27(41(55)43(57)37(25)33(51)13-23)17-35-53-39-31(47(59)61-19-21-7-3-1-4-8-21)15-29-30(45(39)63-35)16-32(48(60)62-20-22-9-5-2-6-10-22)40-46(29)64-36(54-40)18-28-26-12-24(50)14-34(52)38(26)44(58)42(28)56/h1-18H,19-20H2/b27-17-,28-18-. The lowest BCUT2D eigenvalue weighted by Gasteiger charge is -2.10. The molecule has 0 unspecified atom stereocenters. The summed E-state index contributed by atoms with van der Waals surface area (Å²) in [5, 5.41) is 0.732. The molecule has 10 nitrogen and oxygen atoms in total. The highest BCUT2D eigenvalue weighted by Gasteiger charge is 2.38. The molecule has 0 radical (unpaired) electrons. The summed E-state index contributed by atoms with van der Waals surface area (Å²) in [7, 11) is 0. The summed E-state index contributed by atoms with van der Waals surface area (Å²) in [6, 6.07) is 23.3. The molecule has 64 heavy (non-hydrogen) atoms. The van der Waals surface area contributed by atoms with E-state index in [2.05, 4.69) is 9.97 Å². The summed E-state index contributed by atoms with van der Waals surface area (Å²) >= 11 is 1.87. The van der Waals surface area contributed by atoms with Gasteiger partial charge in [0.1, 0.15) is 46.5 Å². The van der Waals surface area contributed by atoms with Crippen molar-refractivity contribution in [2.24, 2.45) is 0 Å². The molecule has 0 amide bonds. The number of ketones is 4. The molecule has 2 aliphatic rings. The lowest BCUT2D eigenvalue weighted by molar-refractivity contribution is -0.110. The van der Waals surface area contributed by atoms with Crippen LogP contribution < -0.4 is 0 Å². The van der Waals surface area contributed by atoms with Gasteiger partial charge in [0.25, 0.3) is 0 Å². The first-order valence-electron chi connectivity index (χ1n) is 19.1. The molecule has 16 heteroatoms. The lowest BCUT2D eigenvalue weighted by atomic mass is 10.0. The third kappa shape index (κ3) is 6.79. The molecule has 0 fully saturated rings. The number of carbonyl (C=O) groups is 6. The highest BCUT2D eigenvalue weighted by atomic mass is 32.1. The van der Waals surface area contributed by atoms with Gasteiger partial charge in [-0.25, -0.2) is 37.1 Å². The number of allylic oxidation sites excluding steroid dienone is 2. The van der Waals surface area contributed by atoms with Crippen molar-refractivity contribution in [1.82, 2.24) is 9.97 Å². The monoisotopic (exact) mass is 894 g/mol. The van der Waals surface area contributed by atoms with Crippen molar-refractivity contribution < 1.29 is 55.8 Å². The Morgan fingerprint density at radius 3 is 1.31 bits per heavy atom. The maximum atomic E-state index is 14.8. The van der Waals surface area contributed by atoms with Crippen LogP contribution in [0, 0.1) is 23.3 Å². The number of benzene rings is 6. The molecular weight excluding hydrogens is 873 g/mol. The van der Waals surface area contributed by atoms with Crippen LogP contribution in [0.4, 0.5) is 17.6 Å². The number of Topliss-reactive ketones (excluding diaryl/α,β-unsaturated/α-hetero) is 4. The van der Waals surface area contributed by atoms with Crippen LogP contribution in [-0.4, -0.2) is 45.0 Å². The second-order valence-corrected chi connectivity index (χ2v) is 16.6. The summed E-state index contributed by atoms with van der Waals surface area (Å²) in [5.41, 5.74) is -1.09. The molecule has 8 aromatic rings. The van der Waals surface area contributed by atoms with Crippen molar-refractivity contribution in [3.63, 3.8) is 0 Å². The number of nitrogens with zero attached hydrogens (tertiary/aromatic N) is 2. The number of rotatable bonds is 8. The van der Waals surface area contributed by atoms with Gasteiger partial charge in [0.15, 0.2) is 0 Å². The number of hydrogen-bond donors (Lipinski definition) is 0. The number of hydrogen-bond acceptors (Lipinski definition) is 12. The molecule has 2 heterocycles. The molecule has 0 spiro atoms. The highest BCUT2D eigenvalue weighted by Crippen LogP contribution is 2.43. The van der Waals surface area contributed by atoms with Crippen molar-refractivity contribution in [1.29, 1.82) is 0 Å². The van der Waals surface area contributed by atoms with Gasteiger partial charge in [0.2, 0.25) is 23.1 Å². The van der Waals surface area contributed by atoms with Crippen LogP contribution in [0.5, 0.6) is 0 Å². The fraction of sp³-hybridized carbons (Fsp3) is 0.0417. The summed E-state index contributed by atoms with van der Waals surface area (Å²) < 4.78 is 70.5. The Balaban J connectivity index is 1.20. The van der Waals surface area contributed by atoms with Crippen LogP contribution in [-0.2, 0) is 32.3 Å². The molecule has 2 aromatic heterocycles. The largest absolute Gasteiger partial charge is 0.457 e. The minimum Gasteiger partial charge on any atom is -0.457 e. The summed E-state index contributed by atoms with van der Waals surface area (Å²) in [6.07, 6.45) is 2.38. The lowest BCUT2D eigenvalue weighted by Crippen LogP contribution is -2.08. The van der Waals surface area contributed by atoms with E-state index in [1.54, 1.807) is 60.7 Å². The fourth-order valence-corrected chi connectivity index (χ4v) is 9.79. The van der Waals surface area contributed by atoms with Crippen LogP contribution in [0.3, 0.4) is 0 Å². The number of ether oxygens (including phenoxy) is 2. The third-order valence-corrected chi connectivity index (χ3v) is 12.7. The van der Waals surface area contributed by atoms with E-state index >= 15 is 0 Å². The number of thiazole rings is 2. The molecule has 0 bridgehead atoms. The normalized spacial score (nSPS) is 14.7. The minimum absolute atomic E-state index is 0.0406. The molecule has 10 rings (SSSR count). The minimum atomic E-state index is -1.21. The second kappa shape index (κ2) is 15.5. The van der Waals surface area contributed by atoms with Crippen LogP contribution in [0.15, 0.2) is 97.1 Å². The Morgan fingerprint density at radius 2 is 0.922 bits per heavy atom. The number of aromatic nitrogens is 2. The highest BCUT2D eigenvalue weighted by molar-refractivity contribution is 7.22. The van der Waals surface area contributed by atoms with Crippen LogP contribution in [0.25, 0.3) is 54.5 Å². The molecule has 0 saturated heterocycles. The Kier molecular flexibility index (Phi) is 9.76. The summed E-state index contributed by atoms with van der Waals surface area (Å²) in [6.45, 7) is -0.278. The first-order chi connectivity index (χ1) is 30.8. The van der Waals surface area contributed by atoms with E-state index in [9.17, 15) is 46.3 Å². The number of carbonyl (C=O) groups excluding carboxylic acids is 6. The van der Waals surface area contributed by atoms with Gasteiger partial charge in [-0.1, -0.05) is 60.7 Å². The van der Waals surface area contributed by atoms with E-state index in [4.69, 9.17) is 9.47 Å². The van der Waals surface area contributed by atoms with Crippen LogP contribution in [0.2, 0.25) is 0 Å². The molecule has 0 aliphatic heterocycles. The van der Waals surface area contributed by atoms with E-state index in [0.29, 0.717) is 34.0 Å². The quantitative estimate of drug-likeness (QED) is 0.0625. The van der Waals surface area contributed by atoms with Gasteiger partial charge in [-0.15, -0.1) is 22.7 Å². The number of halogens is 4. The van der Waals surface area contributed by atoms with E-state index in [1.165, 1.54) is 24.3 Å². The SMILES string of the molecule is O=C1C(=O)c2c(F)cc(F)cc2/C1=C/c1nc2c(C(=O)OCc3ccccc3)cc3c(cc(C(=O)OCc4ccccc4)c4nc(/C=C5\C(=O)C(=O)c6c(F)cc(F)cc65)sc43)c2s1. The van der Waals surface area contributed by atoms with Gasteiger partial charge in [-0.3, -0.25) is 19.2 Å². The van der Waals surface area contributed by atoms with Crippen molar-refractivity contribution in [3.05, 3.63) is 175 Å². The zero-order valence-corrected chi connectivity index (χ0v) is 33.9. The second-order valence-electron chi connectivity index (χ2n) is 14.6. The molecule has 0 N–H and O–H groups in total. The molecule has 0 saturated carbocycles. The predicted octanol–water partition coefficient (Wildman–Crippen LogP) is 9.94. The molecule has 2 aliphatic carbocycles. The molecule has 312 valence electrons. The third-order valence-electron chi connectivity index (χ3n) is 10.6. The topological polar surface area (TPSA) is 147 Å². The average molecular weight is 895 g/mol. The predicted molar refractivity (Wildman–Crippen MR) is 229 cm³/mol. The van der Waals surface area contributed by atoms with Gasteiger partial charge >= 0.3 is 11.9 Å². The zero-order chi connectivity index (χ0) is 44.6. The maximum absolute atomic E-state index is 14.8. The van der Waals surface area contributed by atoms with Gasteiger partial charge in [-0.2, -0.15) is 0 Å². The Bertz CT molecular complexity index is 3280. The Hall–Kier alpha value is -7.82. The first kappa shape index (κ1) is 40.3. The average Bonchev–Trinajstić information content (AvgIpc) is 4.02. The van der Waals surface area contributed by atoms with Crippen LogP contribution in [0.1, 0.15) is 73.7 Å². The molecule has 0 atom stereocenters. The van der Waals surface area contributed by atoms with Crippen molar-refractivity contribution >= 4 is 112 Å². The number of fused-ring (bicyclic) bond motifs is 7. The van der Waals surface area contributed by atoms with Crippen molar-refractivity contribution in [3.8, 4) is 0 Å². The summed E-state index contributed by atoms with van der Waals surface area (Å²) in [5.74, 6) is -10.7. The van der Waals surface area contributed by atoms with Crippen LogP contribution >= 0.6 is 22.7 Å². The van der Waals surface area contributed by atoms with Gasteiger partial charge < -0.3 is 9.47 Å². The van der Waals surface area contributed by atoms with E-state index < -0.39 is 69.5 Å². The van der Waals surface area contributed by atoms with Gasteiger partial charge in [0.05, 0.1) is 42.7 Å². The smallest absolute Gasteiger partial charge is 0.340 e.